The molecule has 0 aromatic rings. The third-order valence-corrected chi connectivity index (χ3v) is 8.18. The van der Waals surface area contributed by atoms with E-state index in [2.05, 4.69) is 6.58 Å². The van der Waals surface area contributed by atoms with Gasteiger partial charge in [-0.2, -0.15) is 0 Å². The molecule has 1 aliphatic rings. The summed E-state index contributed by atoms with van der Waals surface area (Å²) in [6, 6.07) is 0. The zero-order valence-corrected chi connectivity index (χ0v) is 12.5. The molecule has 0 aliphatic carbocycles. The lowest BCUT2D eigenvalue weighted by atomic mass is 9.85. The minimum atomic E-state index is -2.51. The maximum atomic E-state index is 12.3. The number of carbonyl (C=O) groups is 1. The van der Waals surface area contributed by atoms with E-state index in [0.29, 0.717) is 0 Å². The van der Waals surface area contributed by atoms with Crippen molar-refractivity contribution in [3.63, 3.8) is 0 Å². The minimum absolute atomic E-state index is 0.00160. The van der Waals surface area contributed by atoms with E-state index in [-0.39, 0.29) is 5.75 Å². The van der Waals surface area contributed by atoms with Crippen LogP contribution in [0.15, 0.2) is 12.7 Å². The van der Waals surface area contributed by atoms with Gasteiger partial charge in [-0.1, -0.05) is 13.0 Å². The van der Waals surface area contributed by atoms with Crippen LogP contribution in [0.4, 0.5) is 0 Å². The predicted molar refractivity (Wildman–Crippen MR) is 73.8 cm³/mol. The highest BCUT2D eigenvalue weighted by Crippen LogP contribution is 2.42. The fourth-order valence-electron chi connectivity index (χ4n) is 2.39. The molecule has 0 bridgehead atoms. The number of carboxylic acids is 1. The summed E-state index contributed by atoms with van der Waals surface area (Å²) in [6.45, 7) is 3.88. The third kappa shape index (κ3) is 2.60. The van der Waals surface area contributed by atoms with E-state index >= 15 is 0 Å². The first-order valence-corrected chi connectivity index (χ1v) is 8.51. The molecule has 4 unspecified atom stereocenters. The number of aliphatic hydroxyl groups excluding tert-OH is 2. The first-order valence-electron chi connectivity index (χ1n) is 5.85. The number of aliphatic carboxylic acids is 1. The Bertz CT molecular complexity index is 452. The molecule has 9 heteroatoms. The minimum Gasteiger partial charge on any atom is -0.479 e. The Kier molecular flexibility index (Phi) is 5.61. The van der Waals surface area contributed by atoms with Crippen LogP contribution < -0.4 is 0 Å². The van der Waals surface area contributed by atoms with Crippen molar-refractivity contribution in [1.29, 1.82) is 0 Å². The van der Waals surface area contributed by atoms with Crippen LogP contribution in [0.25, 0.3) is 0 Å². The first-order chi connectivity index (χ1) is 9.23. The lowest BCUT2D eigenvalue weighted by Crippen LogP contribution is -2.56. The van der Waals surface area contributed by atoms with Crippen LogP contribution in [0.2, 0.25) is 0 Å². The normalized spacial score (nSPS) is 40.2. The van der Waals surface area contributed by atoms with Crippen molar-refractivity contribution in [3.05, 3.63) is 12.7 Å². The summed E-state index contributed by atoms with van der Waals surface area (Å²) >= 11 is 0. The van der Waals surface area contributed by atoms with E-state index in [9.17, 15) is 28.5 Å². The van der Waals surface area contributed by atoms with E-state index in [1.54, 1.807) is 0 Å². The van der Waals surface area contributed by atoms with Crippen LogP contribution in [-0.2, 0) is 26.4 Å². The van der Waals surface area contributed by atoms with Gasteiger partial charge in [-0.05, 0) is 0 Å². The SMILES string of the molecule is C=CCS(=O)[C@@H]1[C@H](C)C(O)(C(=O)O)[C@H](C(O)CO)S1=O. The number of hydrogen-bond acceptors (Lipinski definition) is 6. The molecule has 1 rings (SSSR count). The lowest BCUT2D eigenvalue weighted by molar-refractivity contribution is -0.165. The Morgan fingerprint density at radius 2 is 2.15 bits per heavy atom. The van der Waals surface area contributed by atoms with Gasteiger partial charge in [0.1, 0.15) is 9.83 Å². The molecule has 20 heavy (non-hydrogen) atoms. The maximum absolute atomic E-state index is 12.3. The molecule has 7 nitrogen and oxygen atoms in total. The smallest absolute Gasteiger partial charge is 0.337 e. The highest BCUT2D eigenvalue weighted by atomic mass is 32.2. The van der Waals surface area contributed by atoms with Gasteiger partial charge in [-0.3, -0.25) is 8.42 Å². The molecule has 0 saturated carbocycles. The van der Waals surface area contributed by atoms with Crippen LogP contribution >= 0.6 is 0 Å². The van der Waals surface area contributed by atoms with Gasteiger partial charge >= 0.3 is 5.97 Å². The van der Waals surface area contributed by atoms with E-state index in [1.165, 1.54) is 13.0 Å². The zero-order chi connectivity index (χ0) is 15.7. The maximum Gasteiger partial charge on any atom is 0.337 e. The molecular weight excluding hydrogens is 308 g/mol. The Morgan fingerprint density at radius 1 is 1.60 bits per heavy atom. The van der Waals surface area contributed by atoms with E-state index in [0.717, 1.165) is 0 Å². The molecule has 0 amide bonds. The van der Waals surface area contributed by atoms with Crippen molar-refractivity contribution in [2.75, 3.05) is 12.4 Å². The Hall–Kier alpha value is -0.610. The summed E-state index contributed by atoms with van der Waals surface area (Å²) in [7, 11) is -3.76. The summed E-state index contributed by atoms with van der Waals surface area (Å²) in [5.41, 5.74) is -2.51. The van der Waals surface area contributed by atoms with Gasteiger partial charge in [0, 0.05) is 33.3 Å². The molecule has 0 radical (unpaired) electrons. The fourth-order valence-corrected chi connectivity index (χ4v) is 6.88. The standard InChI is InChI=1S/C11H18O7S2/c1-3-4-19(17)9-6(2)11(16,10(14)15)8(20(9)18)7(13)5-12/h3,6-9,12-13,16H,1,4-5H2,2H3,(H,14,15)/t6-,7?,8-,9-,11?,19?,20?/m0/s1. The van der Waals surface area contributed by atoms with Crippen molar-refractivity contribution >= 4 is 27.6 Å². The Balaban J connectivity index is 3.30. The van der Waals surface area contributed by atoms with Gasteiger partial charge in [0.15, 0.2) is 5.60 Å². The molecule has 1 fully saturated rings. The average Bonchev–Trinajstić information content (AvgIpc) is 2.58. The van der Waals surface area contributed by atoms with Gasteiger partial charge in [-0.25, -0.2) is 4.79 Å². The average molecular weight is 326 g/mol. The summed E-state index contributed by atoms with van der Waals surface area (Å²) in [5.74, 6) is -2.76. The van der Waals surface area contributed by atoms with Crippen molar-refractivity contribution in [1.82, 2.24) is 0 Å². The number of rotatable bonds is 6. The Labute approximate surface area is 121 Å². The van der Waals surface area contributed by atoms with Gasteiger partial charge < -0.3 is 20.4 Å². The van der Waals surface area contributed by atoms with E-state index < -0.39 is 61.6 Å². The number of hydrogen-bond donors (Lipinski definition) is 4. The van der Waals surface area contributed by atoms with Crippen LogP contribution in [0.1, 0.15) is 6.92 Å². The molecule has 4 N–H and O–H groups in total. The monoisotopic (exact) mass is 326 g/mol. The quantitative estimate of drug-likeness (QED) is 0.423. The highest BCUT2D eigenvalue weighted by molar-refractivity contribution is 8.03. The van der Waals surface area contributed by atoms with Crippen molar-refractivity contribution in [2.45, 2.75) is 28.5 Å². The van der Waals surface area contributed by atoms with E-state index in [4.69, 9.17) is 5.11 Å². The van der Waals surface area contributed by atoms with Crippen molar-refractivity contribution in [2.24, 2.45) is 5.92 Å². The van der Waals surface area contributed by atoms with Crippen LogP contribution in [0.3, 0.4) is 0 Å². The zero-order valence-electron chi connectivity index (χ0n) is 10.8. The third-order valence-electron chi connectivity index (χ3n) is 3.44. The molecule has 0 aromatic carbocycles. The number of aliphatic hydroxyl groups is 3. The topological polar surface area (TPSA) is 132 Å². The molecule has 1 aliphatic heterocycles. The summed E-state index contributed by atoms with van der Waals surface area (Å²) in [4.78, 5) is 11.3. The lowest BCUT2D eigenvalue weighted by Gasteiger charge is -2.30. The van der Waals surface area contributed by atoms with Gasteiger partial charge in [0.25, 0.3) is 0 Å². The second-order valence-electron chi connectivity index (χ2n) is 4.62. The molecule has 1 heterocycles. The van der Waals surface area contributed by atoms with Crippen molar-refractivity contribution in [3.8, 4) is 0 Å². The summed E-state index contributed by atoms with van der Waals surface area (Å²) in [5, 5.41) is 36.6. The molecule has 1 saturated heterocycles. The largest absolute Gasteiger partial charge is 0.479 e. The summed E-state index contributed by atoms with van der Waals surface area (Å²) < 4.78 is 23.3. The first kappa shape index (κ1) is 17.4. The van der Waals surface area contributed by atoms with E-state index in [1.807, 2.05) is 0 Å². The predicted octanol–water partition coefficient (Wildman–Crippen LogP) is -1.82. The molecule has 116 valence electrons. The molecule has 0 spiro atoms. The second kappa shape index (κ2) is 6.44. The molecule has 0 aromatic heterocycles. The van der Waals surface area contributed by atoms with Gasteiger partial charge in [0.2, 0.25) is 0 Å². The van der Waals surface area contributed by atoms with Crippen LogP contribution in [0, 0.1) is 5.92 Å². The van der Waals surface area contributed by atoms with Crippen LogP contribution in [0.5, 0.6) is 0 Å². The highest BCUT2D eigenvalue weighted by Gasteiger charge is 2.65. The Morgan fingerprint density at radius 3 is 2.55 bits per heavy atom. The second-order valence-corrected chi connectivity index (χ2v) is 8.20. The molecular formula is C11H18O7S2. The van der Waals surface area contributed by atoms with Gasteiger partial charge in [0.05, 0.1) is 12.7 Å². The van der Waals surface area contributed by atoms with Crippen molar-refractivity contribution < 1.29 is 33.6 Å². The van der Waals surface area contributed by atoms with Crippen LogP contribution in [-0.4, -0.2) is 68.7 Å². The summed E-state index contributed by atoms with van der Waals surface area (Å²) in [6.07, 6.45) is -0.333. The number of carboxylic acid groups (broad SMARTS) is 1. The molecule has 7 atom stereocenters. The van der Waals surface area contributed by atoms with Gasteiger partial charge in [-0.15, -0.1) is 6.58 Å². The fraction of sp³-hybridized carbons (Fsp3) is 0.727.